The first kappa shape index (κ1) is 17.5. The van der Waals surface area contributed by atoms with Gasteiger partial charge in [0.1, 0.15) is 17.1 Å². The molecule has 0 bridgehead atoms. The van der Waals surface area contributed by atoms with Crippen LogP contribution in [0.4, 0.5) is 0 Å². The Bertz CT molecular complexity index is 1010. The van der Waals surface area contributed by atoms with Crippen LogP contribution in [-0.2, 0) is 11.2 Å². The summed E-state index contributed by atoms with van der Waals surface area (Å²) in [6, 6.07) is 1.52. The summed E-state index contributed by atoms with van der Waals surface area (Å²) in [5.74, 6) is -0.376. The number of fused-ring (bicyclic) bond motifs is 1. The van der Waals surface area contributed by atoms with Crippen molar-refractivity contribution in [1.29, 1.82) is 0 Å². The van der Waals surface area contributed by atoms with E-state index in [0.717, 1.165) is 6.08 Å². The van der Waals surface area contributed by atoms with Crippen molar-refractivity contribution in [3.8, 4) is 23.0 Å². The minimum Gasteiger partial charge on any atom is -0.507 e. The maximum absolute atomic E-state index is 13.1. The smallest absolute Gasteiger partial charge is 0.249 e. The SMILES string of the molecule is CCc1nnc(-c2cc(OC)c3c(c2Cl)O[C@]2(CCC(=O)C=C2O)C3=O)o1. The predicted octanol–water partition coefficient (Wildman–Crippen LogP) is 3.08. The molecule has 2 aliphatic rings. The Morgan fingerprint density at radius 2 is 2.15 bits per heavy atom. The van der Waals surface area contributed by atoms with Crippen LogP contribution in [0.5, 0.6) is 11.5 Å². The van der Waals surface area contributed by atoms with Gasteiger partial charge in [-0.15, -0.1) is 10.2 Å². The van der Waals surface area contributed by atoms with Gasteiger partial charge in [-0.05, 0) is 6.07 Å². The summed E-state index contributed by atoms with van der Waals surface area (Å²) in [7, 11) is 1.40. The highest BCUT2D eigenvalue weighted by atomic mass is 35.5. The zero-order valence-corrected chi connectivity index (χ0v) is 15.3. The second kappa shape index (κ2) is 6.09. The van der Waals surface area contributed by atoms with E-state index in [1.807, 2.05) is 6.92 Å². The summed E-state index contributed by atoms with van der Waals surface area (Å²) in [4.78, 5) is 24.7. The average molecular weight is 391 g/mol. The Balaban J connectivity index is 1.89. The van der Waals surface area contributed by atoms with E-state index in [1.165, 1.54) is 13.2 Å². The molecule has 1 spiro atoms. The molecule has 0 fully saturated rings. The van der Waals surface area contributed by atoms with E-state index in [2.05, 4.69) is 10.2 Å². The molecule has 2 aromatic rings. The van der Waals surface area contributed by atoms with Gasteiger partial charge in [-0.2, -0.15) is 0 Å². The number of aliphatic hydroxyl groups excluding tert-OH is 1. The minimum atomic E-state index is -1.67. The number of Topliss-reactive ketones (excluding diaryl/α,β-unsaturated/α-hetero) is 1. The zero-order chi connectivity index (χ0) is 19.3. The molecule has 1 aliphatic heterocycles. The number of rotatable bonds is 3. The van der Waals surface area contributed by atoms with Crippen molar-refractivity contribution in [2.75, 3.05) is 7.11 Å². The van der Waals surface area contributed by atoms with Crippen molar-refractivity contribution < 1.29 is 28.6 Å². The standard InChI is InChI=1S/C18H15ClN2O6/c1-3-12-20-21-17(26-12)9-7-10(25-2)13-15(14(9)19)27-18(16(13)24)5-4-8(22)6-11(18)23/h6-7,23H,3-5H2,1-2H3/t18-/m0/s1. The number of ether oxygens (including phenoxy) is 2. The van der Waals surface area contributed by atoms with Crippen molar-refractivity contribution >= 4 is 23.2 Å². The highest BCUT2D eigenvalue weighted by Crippen LogP contribution is 2.52. The number of carbonyl (C=O) groups is 2. The van der Waals surface area contributed by atoms with Crippen LogP contribution in [0, 0.1) is 0 Å². The number of hydrogen-bond acceptors (Lipinski definition) is 8. The molecule has 2 heterocycles. The molecule has 140 valence electrons. The second-order valence-electron chi connectivity index (χ2n) is 6.25. The lowest BCUT2D eigenvalue weighted by atomic mass is 9.83. The van der Waals surface area contributed by atoms with E-state index in [0.29, 0.717) is 17.9 Å². The van der Waals surface area contributed by atoms with Crippen LogP contribution in [0.2, 0.25) is 5.02 Å². The summed E-state index contributed by atoms with van der Waals surface area (Å²) < 4.78 is 16.8. The van der Waals surface area contributed by atoms with E-state index >= 15 is 0 Å². The van der Waals surface area contributed by atoms with Crippen LogP contribution in [-0.4, -0.2) is 39.6 Å². The zero-order valence-electron chi connectivity index (χ0n) is 14.5. The van der Waals surface area contributed by atoms with Gasteiger partial charge in [-0.1, -0.05) is 18.5 Å². The Hall–Kier alpha value is -2.87. The lowest BCUT2D eigenvalue weighted by molar-refractivity contribution is -0.116. The lowest BCUT2D eigenvalue weighted by Crippen LogP contribution is -2.45. The molecule has 1 aromatic heterocycles. The molecule has 0 saturated carbocycles. The summed E-state index contributed by atoms with van der Waals surface area (Å²) in [5.41, 5.74) is -1.22. The Morgan fingerprint density at radius 3 is 2.78 bits per heavy atom. The number of aromatic nitrogens is 2. The van der Waals surface area contributed by atoms with Gasteiger partial charge in [0.25, 0.3) is 0 Å². The summed E-state index contributed by atoms with van der Waals surface area (Å²) in [6.07, 6.45) is 1.65. The summed E-state index contributed by atoms with van der Waals surface area (Å²) in [5, 5.41) is 18.3. The Morgan fingerprint density at radius 1 is 1.37 bits per heavy atom. The molecule has 0 saturated heterocycles. The van der Waals surface area contributed by atoms with E-state index in [9.17, 15) is 14.7 Å². The monoisotopic (exact) mass is 390 g/mol. The highest BCUT2D eigenvalue weighted by molar-refractivity contribution is 6.36. The third-order valence-corrected chi connectivity index (χ3v) is 5.08. The molecule has 1 N–H and O–H groups in total. The fraction of sp³-hybridized carbons (Fsp3) is 0.333. The first-order valence-electron chi connectivity index (χ1n) is 8.32. The molecule has 27 heavy (non-hydrogen) atoms. The molecule has 1 atom stereocenters. The van der Waals surface area contributed by atoms with Crippen molar-refractivity contribution in [3.05, 3.63) is 34.4 Å². The van der Waals surface area contributed by atoms with Crippen LogP contribution < -0.4 is 9.47 Å². The highest BCUT2D eigenvalue weighted by Gasteiger charge is 2.55. The number of nitrogens with zero attached hydrogens (tertiary/aromatic N) is 2. The molecule has 0 unspecified atom stereocenters. The van der Waals surface area contributed by atoms with Gasteiger partial charge in [-0.3, -0.25) is 9.59 Å². The van der Waals surface area contributed by atoms with Crippen molar-refractivity contribution in [3.63, 3.8) is 0 Å². The van der Waals surface area contributed by atoms with E-state index in [4.69, 9.17) is 25.5 Å². The van der Waals surface area contributed by atoms with E-state index in [-0.39, 0.29) is 46.6 Å². The number of aliphatic hydroxyl groups is 1. The first-order chi connectivity index (χ1) is 12.9. The second-order valence-corrected chi connectivity index (χ2v) is 6.63. The van der Waals surface area contributed by atoms with Crippen LogP contribution in [0.25, 0.3) is 11.5 Å². The lowest BCUT2D eigenvalue weighted by Gasteiger charge is -2.28. The van der Waals surface area contributed by atoms with Gasteiger partial charge in [0.2, 0.25) is 23.2 Å². The van der Waals surface area contributed by atoms with Gasteiger partial charge in [0.15, 0.2) is 11.5 Å². The largest absolute Gasteiger partial charge is 0.507 e. The minimum absolute atomic E-state index is 0.0109. The molecule has 4 rings (SSSR count). The maximum atomic E-state index is 13.1. The fourth-order valence-corrected chi connectivity index (χ4v) is 3.54. The number of halogens is 1. The molecular formula is C18H15ClN2O6. The van der Waals surface area contributed by atoms with Crippen molar-refractivity contribution in [2.45, 2.75) is 31.8 Å². The van der Waals surface area contributed by atoms with Gasteiger partial charge in [0.05, 0.1) is 17.7 Å². The third-order valence-electron chi connectivity index (χ3n) is 4.71. The molecule has 1 aromatic carbocycles. The topological polar surface area (TPSA) is 112 Å². The van der Waals surface area contributed by atoms with Crippen LogP contribution in [0.1, 0.15) is 36.0 Å². The number of allylic oxidation sites excluding steroid dienone is 1. The Kier molecular flexibility index (Phi) is 3.96. The van der Waals surface area contributed by atoms with Crippen LogP contribution in [0.3, 0.4) is 0 Å². The Labute approximate surface area is 158 Å². The van der Waals surface area contributed by atoms with Gasteiger partial charge >= 0.3 is 0 Å². The molecule has 0 amide bonds. The van der Waals surface area contributed by atoms with E-state index in [1.54, 1.807) is 0 Å². The molecule has 9 heteroatoms. The van der Waals surface area contributed by atoms with Gasteiger partial charge < -0.3 is 19.0 Å². The third kappa shape index (κ3) is 2.43. The number of benzene rings is 1. The normalized spacial score (nSPS) is 21.2. The summed E-state index contributed by atoms with van der Waals surface area (Å²) in [6.45, 7) is 1.87. The van der Waals surface area contributed by atoms with Crippen molar-refractivity contribution in [2.24, 2.45) is 0 Å². The van der Waals surface area contributed by atoms with Crippen molar-refractivity contribution in [1.82, 2.24) is 10.2 Å². The molecular weight excluding hydrogens is 376 g/mol. The first-order valence-corrected chi connectivity index (χ1v) is 8.70. The number of methoxy groups -OCH3 is 1. The van der Waals surface area contributed by atoms with Crippen LogP contribution in [0.15, 0.2) is 22.3 Å². The number of aryl methyl sites for hydroxylation is 1. The molecule has 8 nitrogen and oxygen atoms in total. The van der Waals surface area contributed by atoms with Gasteiger partial charge in [-0.25, -0.2) is 0 Å². The fourth-order valence-electron chi connectivity index (χ4n) is 3.27. The number of ketones is 2. The maximum Gasteiger partial charge on any atom is 0.249 e. The number of carbonyl (C=O) groups excluding carboxylic acids is 2. The average Bonchev–Trinajstić information content (AvgIpc) is 3.24. The quantitative estimate of drug-likeness (QED) is 0.850. The number of hydrogen-bond donors (Lipinski definition) is 1. The predicted molar refractivity (Wildman–Crippen MR) is 93.3 cm³/mol. The summed E-state index contributed by atoms with van der Waals surface area (Å²) >= 11 is 6.49. The molecule has 0 radical (unpaired) electrons. The van der Waals surface area contributed by atoms with E-state index < -0.39 is 17.1 Å². The van der Waals surface area contributed by atoms with Crippen LogP contribution >= 0.6 is 11.6 Å². The van der Waals surface area contributed by atoms with Gasteiger partial charge in [0, 0.05) is 25.3 Å². The molecule has 1 aliphatic carbocycles.